The Bertz CT molecular complexity index is 1410. The van der Waals surface area contributed by atoms with Crippen LogP contribution < -0.4 is 14.3 Å². The molecule has 2 aliphatic rings. The Morgan fingerprint density at radius 1 is 1.00 bits per heavy atom. The van der Waals surface area contributed by atoms with Crippen LogP contribution in [0.15, 0.2) is 41.3 Å². The molecule has 0 atom stereocenters. The number of aromatic hydroxyl groups is 1. The Labute approximate surface area is 213 Å². The molecule has 0 radical (unpaired) electrons. The third-order valence-corrected chi connectivity index (χ3v) is 9.01. The number of carbonyl (C=O) groups excluding carboxylic acids is 1. The lowest BCUT2D eigenvalue weighted by atomic mass is 9.70. The Morgan fingerprint density at radius 2 is 1.67 bits per heavy atom. The van der Waals surface area contributed by atoms with E-state index >= 15 is 0 Å². The maximum Gasteiger partial charge on any atom is 0.258 e. The molecular weight excluding hydrogens is 502 g/mol. The summed E-state index contributed by atoms with van der Waals surface area (Å²) < 4.78 is 54.4. The third kappa shape index (κ3) is 5.37. The van der Waals surface area contributed by atoms with Crippen molar-refractivity contribution in [2.45, 2.75) is 68.7 Å². The fraction of sp³-hybridized carbons (Fsp3) is 0.480. The molecule has 36 heavy (non-hydrogen) atoms. The minimum atomic E-state index is -4.07. The van der Waals surface area contributed by atoms with Gasteiger partial charge in [0.25, 0.3) is 5.91 Å². The monoisotopic (exact) mass is 535 g/mol. The molecular formula is C25H33N3O6S2. The van der Waals surface area contributed by atoms with Crippen LogP contribution in [0.25, 0.3) is 0 Å². The second-order valence-corrected chi connectivity index (χ2v) is 14.3. The lowest BCUT2D eigenvalue weighted by Gasteiger charge is -2.34. The highest BCUT2D eigenvalue weighted by Crippen LogP contribution is 2.50. The fourth-order valence-electron chi connectivity index (χ4n) is 5.26. The molecule has 1 amide bonds. The topological polar surface area (TPSA) is 133 Å². The first-order valence-corrected chi connectivity index (χ1v) is 15.3. The van der Waals surface area contributed by atoms with Gasteiger partial charge >= 0.3 is 0 Å². The molecule has 4 rings (SSSR count). The lowest BCUT2D eigenvalue weighted by Crippen LogP contribution is -2.40. The van der Waals surface area contributed by atoms with Gasteiger partial charge < -0.3 is 10.0 Å². The smallest absolute Gasteiger partial charge is 0.258 e. The quantitative estimate of drug-likeness (QED) is 0.535. The number of phenols is 1. The standard InChI is InChI=1S/C25H33N3O6S2/c1-24(2,3)27-36(33,34)22-14-17(8-11-21(22)29)23(30)28-16-25(12-6-5-7-13-25)19-15-18(9-10-20(19)28)26-35(4,31)32/h8-11,14-15,26-27,29H,5-7,12-13,16H2,1-4H3. The first kappa shape index (κ1) is 26.4. The predicted octanol–water partition coefficient (Wildman–Crippen LogP) is 3.70. The molecule has 1 aliphatic carbocycles. The number of phenolic OH excluding ortho intramolecular Hbond substituents is 1. The Morgan fingerprint density at radius 3 is 2.28 bits per heavy atom. The van der Waals surface area contributed by atoms with E-state index in [1.807, 2.05) is 6.07 Å². The third-order valence-electron chi connectivity index (χ3n) is 6.62. The molecule has 1 aliphatic heterocycles. The highest BCUT2D eigenvalue weighted by Gasteiger charge is 2.45. The van der Waals surface area contributed by atoms with Crippen LogP contribution in [0.3, 0.4) is 0 Å². The Balaban J connectivity index is 1.75. The van der Waals surface area contributed by atoms with E-state index in [2.05, 4.69) is 9.44 Å². The minimum Gasteiger partial charge on any atom is -0.507 e. The van der Waals surface area contributed by atoms with E-state index in [1.54, 1.807) is 37.8 Å². The van der Waals surface area contributed by atoms with Gasteiger partial charge in [0.15, 0.2) is 0 Å². The molecule has 3 N–H and O–H groups in total. The highest BCUT2D eigenvalue weighted by molar-refractivity contribution is 7.92. The molecule has 0 unspecified atom stereocenters. The van der Waals surface area contributed by atoms with Gasteiger partial charge in [-0.2, -0.15) is 0 Å². The number of anilines is 2. The van der Waals surface area contributed by atoms with Crippen molar-refractivity contribution >= 4 is 37.3 Å². The zero-order chi connectivity index (χ0) is 26.5. The van der Waals surface area contributed by atoms with Crippen LogP contribution in [0, 0.1) is 0 Å². The van der Waals surface area contributed by atoms with E-state index in [4.69, 9.17) is 0 Å². The summed E-state index contributed by atoms with van der Waals surface area (Å²) in [5.74, 6) is -0.819. The number of nitrogens with one attached hydrogen (secondary N) is 2. The van der Waals surface area contributed by atoms with Crippen LogP contribution in [0.5, 0.6) is 5.75 Å². The van der Waals surface area contributed by atoms with Gasteiger partial charge in [-0.05, 0) is 75.6 Å². The number of benzene rings is 2. The van der Waals surface area contributed by atoms with E-state index in [0.717, 1.165) is 43.9 Å². The van der Waals surface area contributed by atoms with E-state index in [9.17, 15) is 26.7 Å². The molecule has 1 spiro atoms. The summed E-state index contributed by atoms with van der Waals surface area (Å²) in [6, 6.07) is 9.02. The first-order chi connectivity index (χ1) is 16.6. The summed E-state index contributed by atoms with van der Waals surface area (Å²) in [6.45, 7) is 5.49. The van der Waals surface area contributed by atoms with Crippen LogP contribution in [0.1, 0.15) is 68.8 Å². The van der Waals surface area contributed by atoms with Crippen LogP contribution in [-0.4, -0.2) is 46.2 Å². The molecule has 1 saturated carbocycles. The van der Waals surface area contributed by atoms with Gasteiger partial charge in [0, 0.05) is 34.4 Å². The summed E-state index contributed by atoms with van der Waals surface area (Å²) >= 11 is 0. The van der Waals surface area contributed by atoms with Crippen LogP contribution in [0.4, 0.5) is 11.4 Å². The molecule has 0 aromatic heterocycles. The molecule has 196 valence electrons. The van der Waals surface area contributed by atoms with Crippen molar-refractivity contribution in [3.05, 3.63) is 47.5 Å². The summed E-state index contributed by atoms with van der Waals surface area (Å²) in [6.07, 6.45) is 5.95. The number of sulfonamides is 2. The van der Waals surface area contributed by atoms with Gasteiger partial charge in [0.1, 0.15) is 10.6 Å². The number of hydrogen-bond donors (Lipinski definition) is 3. The highest BCUT2D eigenvalue weighted by atomic mass is 32.2. The molecule has 1 heterocycles. The summed E-state index contributed by atoms with van der Waals surface area (Å²) in [4.78, 5) is 15.0. The molecule has 9 nitrogen and oxygen atoms in total. The lowest BCUT2D eigenvalue weighted by molar-refractivity contribution is 0.0982. The average molecular weight is 536 g/mol. The van der Waals surface area contributed by atoms with Crippen LogP contribution in [0.2, 0.25) is 0 Å². The van der Waals surface area contributed by atoms with Gasteiger partial charge in [-0.15, -0.1) is 0 Å². The number of hydrogen-bond acceptors (Lipinski definition) is 6. The van der Waals surface area contributed by atoms with Gasteiger partial charge in [-0.1, -0.05) is 19.3 Å². The molecule has 0 saturated heterocycles. The van der Waals surface area contributed by atoms with Gasteiger partial charge in [0.2, 0.25) is 20.0 Å². The number of amides is 1. The van der Waals surface area contributed by atoms with Crippen molar-refractivity contribution < 1.29 is 26.7 Å². The van der Waals surface area contributed by atoms with Crippen LogP contribution >= 0.6 is 0 Å². The number of nitrogens with zero attached hydrogens (tertiary/aromatic N) is 1. The minimum absolute atomic E-state index is 0.138. The zero-order valence-electron chi connectivity index (χ0n) is 21.0. The second-order valence-electron chi connectivity index (χ2n) is 10.9. The fourth-order valence-corrected chi connectivity index (χ4v) is 7.36. The van der Waals surface area contributed by atoms with Crippen molar-refractivity contribution in [2.24, 2.45) is 0 Å². The molecule has 2 aromatic carbocycles. The van der Waals surface area contributed by atoms with Gasteiger partial charge in [-0.25, -0.2) is 21.6 Å². The SMILES string of the molecule is CC(C)(C)NS(=O)(=O)c1cc(C(=O)N2CC3(CCCCC3)c3cc(NS(C)(=O)=O)ccc32)ccc1O. The Kier molecular flexibility index (Phi) is 6.64. The van der Waals surface area contributed by atoms with Gasteiger partial charge in [-0.3, -0.25) is 9.52 Å². The normalized spacial score (nSPS) is 17.7. The van der Waals surface area contributed by atoms with E-state index < -0.39 is 31.3 Å². The van der Waals surface area contributed by atoms with Crippen LogP contribution in [-0.2, 0) is 25.5 Å². The zero-order valence-corrected chi connectivity index (χ0v) is 22.6. The molecule has 0 bridgehead atoms. The summed E-state index contributed by atoms with van der Waals surface area (Å²) in [5.41, 5.74) is 1.12. The second kappa shape index (κ2) is 9.04. The summed E-state index contributed by atoms with van der Waals surface area (Å²) in [7, 11) is -7.54. The molecule has 1 fully saturated rings. The van der Waals surface area contributed by atoms with E-state index in [1.165, 1.54) is 18.2 Å². The van der Waals surface area contributed by atoms with E-state index in [-0.39, 0.29) is 21.8 Å². The first-order valence-electron chi connectivity index (χ1n) is 11.9. The molecule has 2 aromatic rings. The van der Waals surface area contributed by atoms with E-state index in [0.29, 0.717) is 17.9 Å². The number of rotatable bonds is 5. The van der Waals surface area contributed by atoms with Crippen molar-refractivity contribution in [2.75, 3.05) is 22.4 Å². The predicted molar refractivity (Wildman–Crippen MR) is 140 cm³/mol. The number of carbonyl (C=O) groups is 1. The maximum absolute atomic E-state index is 13.7. The van der Waals surface area contributed by atoms with Crippen molar-refractivity contribution in [1.82, 2.24) is 4.72 Å². The number of fused-ring (bicyclic) bond motifs is 2. The van der Waals surface area contributed by atoms with Gasteiger partial charge in [0.05, 0.1) is 6.26 Å². The summed E-state index contributed by atoms with van der Waals surface area (Å²) in [5, 5.41) is 10.3. The van der Waals surface area contributed by atoms with Crippen molar-refractivity contribution in [3.63, 3.8) is 0 Å². The maximum atomic E-state index is 13.7. The average Bonchev–Trinajstić information content (AvgIpc) is 3.04. The van der Waals surface area contributed by atoms with Crippen molar-refractivity contribution in [3.8, 4) is 5.75 Å². The molecule has 11 heteroatoms. The largest absolute Gasteiger partial charge is 0.507 e. The van der Waals surface area contributed by atoms with Crippen molar-refractivity contribution in [1.29, 1.82) is 0 Å². The Hall–Kier alpha value is -2.63.